The quantitative estimate of drug-likeness (QED) is 0.317. The first-order valence-corrected chi connectivity index (χ1v) is 6.00. The molecule has 14 heavy (non-hydrogen) atoms. The molecule has 0 radical (unpaired) electrons. The average molecular weight is 342 g/mol. The van der Waals surface area contributed by atoms with E-state index >= 15 is 0 Å². The summed E-state index contributed by atoms with van der Waals surface area (Å²) in [6.07, 6.45) is 6.21. The van der Waals surface area contributed by atoms with Crippen LogP contribution in [0.1, 0.15) is 45.4 Å². The Labute approximate surface area is 146 Å². The second-order valence-electron chi connectivity index (χ2n) is 3.00. The standard InChI is InChI=1S/C8H18O4S.Cs/c1-2-3-4-5-6-7-8-12-13(9,10)11;/h2-8H2,1H3,(H,9,10,11);/q;+1/p-1. The summed E-state index contributed by atoms with van der Waals surface area (Å²) in [6, 6.07) is 0. The van der Waals surface area contributed by atoms with Crippen molar-refractivity contribution in [2.24, 2.45) is 0 Å². The number of hydrogen-bond donors (Lipinski definition) is 0. The van der Waals surface area contributed by atoms with Gasteiger partial charge in [0.15, 0.2) is 0 Å². The van der Waals surface area contributed by atoms with Gasteiger partial charge in [0.25, 0.3) is 0 Å². The van der Waals surface area contributed by atoms with Crippen molar-refractivity contribution in [3.05, 3.63) is 0 Å². The van der Waals surface area contributed by atoms with Gasteiger partial charge in [0.05, 0.1) is 6.61 Å². The number of unbranched alkanes of at least 4 members (excludes halogenated alkanes) is 5. The summed E-state index contributed by atoms with van der Waals surface area (Å²) >= 11 is 0. The molecule has 0 aromatic carbocycles. The Morgan fingerprint density at radius 2 is 1.57 bits per heavy atom. The minimum absolute atomic E-state index is 0. The zero-order valence-corrected chi connectivity index (χ0v) is 16.1. The summed E-state index contributed by atoms with van der Waals surface area (Å²) in [7, 11) is -4.47. The molecule has 0 atom stereocenters. The molecule has 0 aliphatic carbocycles. The van der Waals surface area contributed by atoms with Crippen molar-refractivity contribution < 1.29 is 86.0 Å². The maximum atomic E-state index is 9.99. The van der Waals surface area contributed by atoms with Gasteiger partial charge in [0, 0.05) is 0 Å². The van der Waals surface area contributed by atoms with Gasteiger partial charge in [0.2, 0.25) is 10.4 Å². The zero-order chi connectivity index (χ0) is 10.2. The molecule has 0 unspecified atom stereocenters. The maximum Gasteiger partial charge on any atom is 1.00 e. The largest absolute Gasteiger partial charge is 1.00 e. The van der Waals surface area contributed by atoms with Crippen LogP contribution < -0.4 is 68.9 Å². The van der Waals surface area contributed by atoms with Crippen LogP contribution in [0.25, 0.3) is 0 Å². The van der Waals surface area contributed by atoms with Crippen molar-refractivity contribution in [1.82, 2.24) is 0 Å². The Balaban J connectivity index is 0. The van der Waals surface area contributed by atoms with Crippen molar-refractivity contribution in [2.75, 3.05) is 6.61 Å². The summed E-state index contributed by atoms with van der Waals surface area (Å²) < 4.78 is 34.0. The predicted octanol–water partition coefficient (Wildman–Crippen LogP) is -1.17. The SMILES string of the molecule is CCCCCCCCOS(=O)(=O)[O-].[Cs+]. The first kappa shape index (κ1) is 18.3. The van der Waals surface area contributed by atoms with E-state index in [2.05, 4.69) is 11.1 Å². The molecule has 4 nitrogen and oxygen atoms in total. The summed E-state index contributed by atoms with van der Waals surface area (Å²) in [6.45, 7) is 2.16. The second kappa shape index (κ2) is 11.4. The van der Waals surface area contributed by atoms with Crippen LogP contribution in [0.2, 0.25) is 0 Å². The van der Waals surface area contributed by atoms with E-state index in [-0.39, 0.29) is 75.5 Å². The van der Waals surface area contributed by atoms with Crippen LogP contribution in [-0.4, -0.2) is 19.6 Å². The molecule has 0 heterocycles. The molecule has 0 N–H and O–H groups in total. The molecular formula is C8H17CsO4S. The summed E-state index contributed by atoms with van der Waals surface area (Å²) in [5.74, 6) is 0. The topological polar surface area (TPSA) is 66.4 Å². The molecule has 0 fully saturated rings. The molecule has 0 aliphatic heterocycles. The van der Waals surface area contributed by atoms with Gasteiger partial charge in [-0.2, -0.15) is 0 Å². The van der Waals surface area contributed by atoms with Gasteiger partial charge in [-0.15, -0.1) is 0 Å². The van der Waals surface area contributed by atoms with Crippen LogP contribution in [0.15, 0.2) is 0 Å². The Bertz CT molecular complexity index is 203. The molecule has 0 saturated carbocycles. The fourth-order valence-electron chi connectivity index (χ4n) is 1.04. The first-order chi connectivity index (χ1) is 6.06. The molecule has 0 rings (SSSR count). The van der Waals surface area contributed by atoms with Crippen LogP contribution in [0.3, 0.4) is 0 Å². The van der Waals surface area contributed by atoms with Crippen molar-refractivity contribution in [3.63, 3.8) is 0 Å². The second-order valence-corrected chi connectivity index (χ2v) is 4.05. The van der Waals surface area contributed by atoms with Crippen LogP contribution in [0.5, 0.6) is 0 Å². The van der Waals surface area contributed by atoms with E-state index in [1.807, 2.05) is 0 Å². The van der Waals surface area contributed by atoms with Gasteiger partial charge in [-0.05, 0) is 6.42 Å². The molecule has 80 valence electrons. The molecule has 0 saturated heterocycles. The molecule has 0 bridgehead atoms. The zero-order valence-electron chi connectivity index (χ0n) is 8.99. The Morgan fingerprint density at radius 1 is 1.07 bits per heavy atom. The monoisotopic (exact) mass is 342 g/mol. The smallest absolute Gasteiger partial charge is 0.726 e. The summed E-state index contributed by atoms with van der Waals surface area (Å²) in [4.78, 5) is 0. The van der Waals surface area contributed by atoms with Crippen LogP contribution in [0.4, 0.5) is 0 Å². The number of hydrogen-bond acceptors (Lipinski definition) is 4. The third-order valence-electron chi connectivity index (χ3n) is 1.73. The van der Waals surface area contributed by atoms with Crippen LogP contribution in [0, 0.1) is 0 Å². The third kappa shape index (κ3) is 16.4. The third-order valence-corrected chi connectivity index (χ3v) is 2.18. The van der Waals surface area contributed by atoms with Crippen LogP contribution >= 0.6 is 0 Å². The minimum Gasteiger partial charge on any atom is -0.726 e. The molecule has 0 aromatic rings. The van der Waals surface area contributed by atoms with E-state index in [1.54, 1.807) is 0 Å². The molecule has 0 aliphatic rings. The van der Waals surface area contributed by atoms with Crippen molar-refractivity contribution >= 4 is 10.4 Å². The minimum atomic E-state index is -4.47. The van der Waals surface area contributed by atoms with E-state index in [4.69, 9.17) is 0 Å². The van der Waals surface area contributed by atoms with Crippen molar-refractivity contribution in [2.45, 2.75) is 45.4 Å². The molecule has 0 aromatic heterocycles. The van der Waals surface area contributed by atoms with E-state index in [0.717, 1.165) is 12.8 Å². The summed E-state index contributed by atoms with van der Waals surface area (Å²) in [5.41, 5.74) is 0. The van der Waals surface area contributed by atoms with Gasteiger partial charge in [-0.25, -0.2) is 8.42 Å². The van der Waals surface area contributed by atoms with Crippen LogP contribution in [-0.2, 0) is 14.6 Å². The molecular weight excluding hydrogens is 325 g/mol. The van der Waals surface area contributed by atoms with Gasteiger partial charge in [-0.3, -0.25) is 4.18 Å². The fourth-order valence-corrected chi connectivity index (χ4v) is 1.37. The van der Waals surface area contributed by atoms with E-state index in [0.29, 0.717) is 6.42 Å². The average Bonchev–Trinajstić information content (AvgIpc) is 2.01. The Morgan fingerprint density at radius 3 is 2.07 bits per heavy atom. The maximum absolute atomic E-state index is 9.99. The van der Waals surface area contributed by atoms with Gasteiger partial charge in [-0.1, -0.05) is 39.0 Å². The Kier molecular flexibility index (Phi) is 14.9. The van der Waals surface area contributed by atoms with E-state index in [9.17, 15) is 13.0 Å². The predicted molar refractivity (Wildman–Crippen MR) is 49.0 cm³/mol. The van der Waals surface area contributed by atoms with Gasteiger partial charge in [0.1, 0.15) is 0 Å². The van der Waals surface area contributed by atoms with Crippen molar-refractivity contribution in [3.8, 4) is 0 Å². The fraction of sp³-hybridized carbons (Fsp3) is 1.00. The molecule has 0 amide bonds. The van der Waals surface area contributed by atoms with Gasteiger partial charge >= 0.3 is 68.9 Å². The normalized spacial score (nSPS) is 11.0. The Hall–Kier alpha value is 1.92. The molecule has 6 heteroatoms. The van der Waals surface area contributed by atoms with Gasteiger partial charge < -0.3 is 4.55 Å². The van der Waals surface area contributed by atoms with E-state index in [1.165, 1.54) is 19.3 Å². The number of rotatable bonds is 8. The first-order valence-electron chi connectivity index (χ1n) is 4.66. The van der Waals surface area contributed by atoms with E-state index < -0.39 is 10.4 Å². The van der Waals surface area contributed by atoms with Crippen molar-refractivity contribution in [1.29, 1.82) is 0 Å². The summed E-state index contributed by atoms with van der Waals surface area (Å²) in [5, 5.41) is 0. The molecule has 0 spiro atoms.